The fourth-order valence-electron chi connectivity index (χ4n) is 4.80. The summed E-state index contributed by atoms with van der Waals surface area (Å²) >= 11 is 0. The Bertz CT molecular complexity index is 871. The Morgan fingerprint density at radius 2 is 1.69 bits per heavy atom. The first-order chi connectivity index (χ1) is 13.8. The topological polar surface area (TPSA) is 49.8 Å². The van der Waals surface area contributed by atoms with Crippen molar-refractivity contribution in [3.8, 4) is 5.75 Å². The second-order valence-electron chi connectivity index (χ2n) is 10.0. The molecular formula is C25H33NO3. The average Bonchev–Trinajstić information content (AvgIpc) is 2.63. The molecular weight excluding hydrogens is 362 g/mol. The van der Waals surface area contributed by atoms with E-state index >= 15 is 0 Å². The Morgan fingerprint density at radius 3 is 2.34 bits per heavy atom. The first-order valence-electron chi connectivity index (χ1n) is 10.9. The van der Waals surface area contributed by atoms with Crippen molar-refractivity contribution >= 4 is 16.7 Å². The minimum atomic E-state index is -0.681. The minimum Gasteiger partial charge on any atom is -0.490 e. The van der Waals surface area contributed by atoms with Gasteiger partial charge in [-0.15, -0.1) is 0 Å². The Hall–Kier alpha value is -2.07. The molecule has 1 saturated carbocycles. The molecule has 4 rings (SSSR count). The maximum Gasteiger partial charge on any atom is 0.309 e. The molecule has 1 N–H and O–H groups in total. The number of carbonyl (C=O) groups is 1. The summed E-state index contributed by atoms with van der Waals surface area (Å²) in [4.78, 5) is 13.1. The van der Waals surface area contributed by atoms with Gasteiger partial charge in [0.25, 0.3) is 0 Å². The molecule has 2 fully saturated rings. The highest BCUT2D eigenvalue weighted by molar-refractivity contribution is 5.84. The number of carboxylic acids is 1. The number of ether oxygens (including phenoxy) is 1. The summed E-state index contributed by atoms with van der Waals surface area (Å²) in [5.74, 6) is 0.888. The molecule has 0 atom stereocenters. The summed E-state index contributed by atoms with van der Waals surface area (Å²) < 4.78 is 6.32. The van der Waals surface area contributed by atoms with Crippen molar-refractivity contribution in [3.63, 3.8) is 0 Å². The first-order valence-corrected chi connectivity index (χ1v) is 10.9. The number of aliphatic carboxylic acids is 1. The maximum absolute atomic E-state index is 11.0. The zero-order valence-corrected chi connectivity index (χ0v) is 17.9. The van der Waals surface area contributed by atoms with Gasteiger partial charge in [0.2, 0.25) is 0 Å². The van der Waals surface area contributed by atoms with Crippen LogP contribution < -0.4 is 4.74 Å². The molecule has 4 nitrogen and oxygen atoms in total. The van der Waals surface area contributed by atoms with Crippen molar-refractivity contribution in [2.75, 3.05) is 13.1 Å². The quantitative estimate of drug-likeness (QED) is 0.742. The highest BCUT2D eigenvalue weighted by Crippen LogP contribution is 2.39. The molecule has 1 heterocycles. The molecule has 0 bridgehead atoms. The van der Waals surface area contributed by atoms with Crippen LogP contribution in [0.1, 0.15) is 52.0 Å². The third-order valence-electron chi connectivity index (χ3n) is 6.79. The number of likely N-dealkylation sites (tertiary alicyclic amines) is 1. The predicted octanol–water partition coefficient (Wildman–Crippen LogP) is 5.34. The maximum atomic E-state index is 11.0. The zero-order valence-electron chi connectivity index (χ0n) is 17.9. The number of rotatable bonds is 5. The monoisotopic (exact) mass is 395 g/mol. The number of hydrogen-bond acceptors (Lipinski definition) is 3. The van der Waals surface area contributed by atoms with Gasteiger partial charge < -0.3 is 9.84 Å². The summed E-state index contributed by atoms with van der Waals surface area (Å²) in [6, 6.07) is 12.9. The van der Waals surface area contributed by atoms with Crippen LogP contribution in [0.5, 0.6) is 5.75 Å². The van der Waals surface area contributed by atoms with Crippen LogP contribution >= 0.6 is 0 Å². The Morgan fingerprint density at radius 1 is 1.03 bits per heavy atom. The lowest BCUT2D eigenvalue weighted by Gasteiger charge is -2.37. The highest BCUT2D eigenvalue weighted by Gasteiger charge is 2.32. The molecule has 0 radical (unpaired) electrons. The molecule has 0 spiro atoms. The SMILES string of the molecule is CC(C)(C)[C@H]1CC[C@@H](Oc2ccc3cc(CN4CC(C(=O)O)C4)ccc3c2)CC1. The molecule has 2 aromatic carbocycles. The summed E-state index contributed by atoms with van der Waals surface area (Å²) in [7, 11) is 0. The molecule has 0 unspecified atom stereocenters. The fraction of sp³-hybridized carbons (Fsp3) is 0.560. The van der Waals surface area contributed by atoms with Gasteiger partial charge in [0.1, 0.15) is 5.75 Å². The Kier molecular flexibility index (Phi) is 5.56. The smallest absolute Gasteiger partial charge is 0.309 e. The third-order valence-corrected chi connectivity index (χ3v) is 6.79. The molecule has 2 aromatic rings. The van der Waals surface area contributed by atoms with Crippen LogP contribution in [0.4, 0.5) is 0 Å². The number of carboxylic acid groups (broad SMARTS) is 1. The minimum absolute atomic E-state index is 0.200. The number of hydrogen-bond donors (Lipinski definition) is 1. The average molecular weight is 396 g/mol. The zero-order chi connectivity index (χ0) is 20.6. The lowest BCUT2D eigenvalue weighted by atomic mass is 9.72. The lowest BCUT2D eigenvalue weighted by Crippen LogP contribution is -2.49. The fourth-order valence-corrected chi connectivity index (χ4v) is 4.80. The highest BCUT2D eigenvalue weighted by atomic mass is 16.5. The van der Waals surface area contributed by atoms with E-state index < -0.39 is 5.97 Å². The van der Waals surface area contributed by atoms with Gasteiger partial charge in [0.05, 0.1) is 12.0 Å². The van der Waals surface area contributed by atoms with Gasteiger partial charge in [0, 0.05) is 19.6 Å². The van der Waals surface area contributed by atoms with Crippen LogP contribution in [0.2, 0.25) is 0 Å². The molecule has 1 aliphatic heterocycles. The normalized spacial score (nSPS) is 23.7. The summed E-state index contributed by atoms with van der Waals surface area (Å²) in [6.07, 6.45) is 5.13. The standard InChI is InChI=1S/C25H33NO3/c1-25(2,3)21-7-10-22(11-8-21)29-23-9-6-18-12-17(4-5-19(18)13-23)14-26-15-20(16-26)24(27)28/h4-6,9,12-13,20-22H,7-8,10-11,14-16H2,1-3H3,(H,27,28)/t21-,22+. The lowest BCUT2D eigenvalue weighted by molar-refractivity contribution is -0.147. The number of benzene rings is 2. The van der Waals surface area contributed by atoms with Gasteiger partial charge in [-0.25, -0.2) is 0 Å². The summed E-state index contributed by atoms with van der Waals surface area (Å²) in [5.41, 5.74) is 1.63. The van der Waals surface area contributed by atoms with Crippen LogP contribution in [0, 0.1) is 17.3 Å². The van der Waals surface area contributed by atoms with E-state index in [0.717, 1.165) is 31.1 Å². The summed E-state index contributed by atoms with van der Waals surface area (Å²) in [6.45, 7) is 9.17. The largest absolute Gasteiger partial charge is 0.490 e. The molecule has 2 aliphatic rings. The van der Waals surface area contributed by atoms with Crippen molar-refractivity contribution in [2.24, 2.45) is 17.3 Å². The van der Waals surface area contributed by atoms with Gasteiger partial charge in [0.15, 0.2) is 0 Å². The second-order valence-corrected chi connectivity index (χ2v) is 10.0. The number of fused-ring (bicyclic) bond motifs is 1. The van der Waals surface area contributed by atoms with Crippen molar-refractivity contribution in [2.45, 2.75) is 59.1 Å². The van der Waals surface area contributed by atoms with Crippen LogP contribution in [-0.2, 0) is 11.3 Å². The van der Waals surface area contributed by atoms with E-state index in [2.05, 4.69) is 62.1 Å². The molecule has 29 heavy (non-hydrogen) atoms. The van der Waals surface area contributed by atoms with Crippen molar-refractivity contribution < 1.29 is 14.6 Å². The summed E-state index contributed by atoms with van der Waals surface area (Å²) in [5, 5.41) is 11.4. The van der Waals surface area contributed by atoms with Crippen LogP contribution in [-0.4, -0.2) is 35.2 Å². The van der Waals surface area contributed by atoms with E-state index in [4.69, 9.17) is 9.84 Å². The van der Waals surface area contributed by atoms with Crippen molar-refractivity contribution in [1.29, 1.82) is 0 Å². The molecule has 0 amide bonds. The van der Waals surface area contributed by atoms with Crippen LogP contribution in [0.25, 0.3) is 10.8 Å². The van der Waals surface area contributed by atoms with E-state index in [9.17, 15) is 4.79 Å². The Labute approximate surface area is 173 Å². The van der Waals surface area contributed by atoms with Crippen molar-refractivity contribution in [3.05, 3.63) is 42.0 Å². The van der Waals surface area contributed by atoms with Gasteiger partial charge in [-0.2, -0.15) is 0 Å². The molecule has 156 valence electrons. The van der Waals surface area contributed by atoms with Crippen LogP contribution in [0.3, 0.4) is 0 Å². The van der Waals surface area contributed by atoms with E-state index in [1.807, 2.05) is 0 Å². The first kappa shape index (κ1) is 20.2. The van der Waals surface area contributed by atoms with Gasteiger partial charge in [-0.3, -0.25) is 9.69 Å². The van der Waals surface area contributed by atoms with E-state index in [0.29, 0.717) is 24.6 Å². The number of nitrogens with zero attached hydrogens (tertiary/aromatic N) is 1. The van der Waals surface area contributed by atoms with Gasteiger partial charge in [-0.05, 0) is 71.6 Å². The second kappa shape index (κ2) is 7.98. The van der Waals surface area contributed by atoms with E-state index in [1.165, 1.54) is 29.2 Å². The third kappa shape index (κ3) is 4.75. The molecule has 1 aliphatic carbocycles. The van der Waals surface area contributed by atoms with Gasteiger partial charge >= 0.3 is 5.97 Å². The molecule has 1 saturated heterocycles. The molecule has 4 heteroatoms. The van der Waals surface area contributed by atoms with Crippen LogP contribution in [0.15, 0.2) is 36.4 Å². The van der Waals surface area contributed by atoms with Crippen molar-refractivity contribution in [1.82, 2.24) is 4.90 Å². The predicted molar refractivity (Wildman–Crippen MR) is 116 cm³/mol. The van der Waals surface area contributed by atoms with E-state index in [-0.39, 0.29) is 5.92 Å². The Balaban J connectivity index is 1.35. The van der Waals surface area contributed by atoms with E-state index in [1.54, 1.807) is 0 Å². The molecule has 0 aromatic heterocycles. The van der Waals surface area contributed by atoms with Gasteiger partial charge in [-0.1, -0.05) is 39.0 Å².